The summed E-state index contributed by atoms with van der Waals surface area (Å²) in [6.45, 7) is 2.13. The summed E-state index contributed by atoms with van der Waals surface area (Å²) in [5, 5.41) is 12.8. The van der Waals surface area contributed by atoms with Crippen LogP contribution in [0.15, 0.2) is 30.6 Å². The van der Waals surface area contributed by atoms with Crippen LogP contribution in [0.4, 0.5) is 0 Å². The van der Waals surface area contributed by atoms with Gasteiger partial charge in [0.15, 0.2) is 0 Å². The summed E-state index contributed by atoms with van der Waals surface area (Å²) in [6.07, 6.45) is 4.87. The highest BCUT2D eigenvalue weighted by atomic mass is 15.2. The van der Waals surface area contributed by atoms with E-state index in [9.17, 15) is 0 Å². The van der Waals surface area contributed by atoms with Gasteiger partial charge in [-0.2, -0.15) is 10.2 Å². The Labute approximate surface area is 99.3 Å². The van der Waals surface area contributed by atoms with Gasteiger partial charge in [0, 0.05) is 29.9 Å². The quantitative estimate of drug-likeness (QED) is 0.729. The molecule has 0 radical (unpaired) electrons. The van der Waals surface area contributed by atoms with Crippen LogP contribution in [-0.2, 0) is 13.5 Å². The zero-order valence-corrected chi connectivity index (χ0v) is 9.94. The van der Waals surface area contributed by atoms with Crippen molar-refractivity contribution in [2.75, 3.05) is 0 Å². The second-order valence-corrected chi connectivity index (χ2v) is 4.19. The predicted octanol–water partition coefficient (Wildman–Crippen LogP) is 2.53. The van der Waals surface area contributed by atoms with Crippen molar-refractivity contribution in [2.45, 2.75) is 13.3 Å². The van der Waals surface area contributed by atoms with Gasteiger partial charge in [-0.25, -0.2) is 0 Å². The van der Waals surface area contributed by atoms with Crippen LogP contribution in [0.2, 0.25) is 0 Å². The molecule has 0 aliphatic carbocycles. The first kappa shape index (κ1) is 10.1. The summed E-state index contributed by atoms with van der Waals surface area (Å²) in [6, 6.07) is 6.31. The van der Waals surface area contributed by atoms with E-state index in [1.165, 1.54) is 16.6 Å². The van der Waals surface area contributed by atoms with E-state index < -0.39 is 0 Å². The first-order chi connectivity index (χ1) is 8.28. The molecule has 0 aliphatic rings. The van der Waals surface area contributed by atoms with Crippen LogP contribution >= 0.6 is 0 Å². The van der Waals surface area contributed by atoms with Gasteiger partial charge in [0.1, 0.15) is 0 Å². The molecule has 17 heavy (non-hydrogen) atoms. The van der Waals surface area contributed by atoms with Crippen molar-refractivity contribution in [3.05, 3.63) is 36.3 Å². The molecule has 0 saturated heterocycles. The molecule has 3 aromatic rings. The lowest BCUT2D eigenvalue weighted by Crippen LogP contribution is -1.84. The van der Waals surface area contributed by atoms with Crippen LogP contribution < -0.4 is 0 Å². The number of aromatic amines is 1. The highest BCUT2D eigenvalue weighted by Crippen LogP contribution is 2.25. The molecule has 0 unspecified atom stereocenters. The minimum atomic E-state index is 0.965. The van der Waals surface area contributed by atoms with Crippen LogP contribution in [0.25, 0.3) is 22.0 Å². The highest BCUT2D eigenvalue weighted by molar-refractivity contribution is 5.86. The number of nitrogens with zero attached hydrogens (tertiary/aromatic N) is 3. The summed E-state index contributed by atoms with van der Waals surface area (Å²) in [5.74, 6) is 0. The molecule has 4 nitrogen and oxygen atoms in total. The first-order valence-corrected chi connectivity index (χ1v) is 5.74. The number of aryl methyl sites for hydroxylation is 2. The Kier molecular flexibility index (Phi) is 2.21. The lowest BCUT2D eigenvalue weighted by molar-refractivity contribution is 0.768. The molecule has 1 aromatic carbocycles. The topological polar surface area (TPSA) is 46.5 Å². The molecular weight excluding hydrogens is 212 g/mol. The minimum absolute atomic E-state index is 0.965. The molecule has 86 valence electrons. The van der Waals surface area contributed by atoms with Gasteiger partial charge in [0.2, 0.25) is 0 Å². The summed E-state index contributed by atoms with van der Waals surface area (Å²) in [4.78, 5) is 0. The van der Waals surface area contributed by atoms with Crippen molar-refractivity contribution >= 4 is 10.9 Å². The van der Waals surface area contributed by atoms with Crippen molar-refractivity contribution in [3.63, 3.8) is 0 Å². The van der Waals surface area contributed by atoms with Crippen LogP contribution in [0.3, 0.4) is 0 Å². The second kappa shape index (κ2) is 3.73. The van der Waals surface area contributed by atoms with E-state index in [1.807, 2.05) is 30.2 Å². The molecule has 3 rings (SSSR count). The third kappa shape index (κ3) is 1.62. The Morgan fingerprint density at radius 1 is 1.29 bits per heavy atom. The van der Waals surface area contributed by atoms with Gasteiger partial charge in [-0.15, -0.1) is 0 Å². The van der Waals surface area contributed by atoms with Crippen molar-refractivity contribution in [2.24, 2.45) is 7.05 Å². The third-order valence-corrected chi connectivity index (χ3v) is 3.02. The number of benzene rings is 1. The van der Waals surface area contributed by atoms with Crippen LogP contribution in [0.1, 0.15) is 12.6 Å². The number of rotatable bonds is 2. The standard InChI is InChI=1S/C13H14N4/c1-3-12-11-6-9(4-5-13(11)16-15-12)10-7-14-17(2)8-10/h4-8H,3H2,1-2H3,(H,15,16). The number of hydrogen-bond donors (Lipinski definition) is 1. The maximum atomic E-state index is 4.28. The van der Waals surface area contributed by atoms with Gasteiger partial charge < -0.3 is 0 Å². The maximum absolute atomic E-state index is 4.28. The molecule has 1 N–H and O–H groups in total. The van der Waals surface area contributed by atoms with E-state index >= 15 is 0 Å². The fourth-order valence-electron chi connectivity index (χ4n) is 2.08. The Morgan fingerprint density at radius 3 is 2.88 bits per heavy atom. The van der Waals surface area contributed by atoms with Crippen LogP contribution in [0.5, 0.6) is 0 Å². The minimum Gasteiger partial charge on any atom is -0.281 e. The monoisotopic (exact) mass is 226 g/mol. The highest BCUT2D eigenvalue weighted by Gasteiger charge is 2.06. The number of fused-ring (bicyclic) bond motifs is 1. The molecule has 2 heterocycles. The molecule has 0 amide bonds. The molecule has 2 aromatic heterocycles. The first-order valence-electron chi connectivity index (χ1n) is 5.74. The third-order valence-electron chi connectivity index (χ3n) is 3.02. The summed E-state index contributed by atoms with van der Waals surface area (Å²) >= 11 is 0. The number of aromatic nitrogens is 4. The zero-order valence-electron chi connectivity index (χ0n) is 9.94. The molecule has 0 fully saturated rings. The lowest BCUT2D eigenvalue weighted by atomic mass is 10.1. The zero-order chi connectivity index (χ0) is 11.8. The Morgan fingerprint density at radius 2 is 2.18 bits per heavy atom. The molecule has 0 bridgehead atoms. The van der Waals surface area contributed by atoms with E-state index in [0.29, 0.717) is 0 Å². The van der Waals surface area contributed by atoms with Crippen molar-refractivity contribution in [1.29, 1.82) is 0 Å². The van der Waals surface area contributed by atoms with Crippen LogP contribution in [0, 0.1) is 0 Å². The largest absolute Gasteiger partial charge is 0.281 e. The number of hydrogen-bond acceptors (Lipinski definition) is 2. The summed E-state index contributed by atoms with van der Waals surface area (Å²) in [5.41, 5.74) is 4.53. The maximum Gasteiger partial charge on any atom is 0.0924 e. The average molecular weight is 226 g/mol. The molecular formula is C13H14N4. The molecule has 0 saturated carbocycles. The summed E-state index contributed by atoms with van der Waals surface area (Å²) in [7, 11) is 1.93. The lowest BCUT2D eigenvalue weighted by Gasteiger charge is -1.98. The van der Waals surface area contributed by atoms with E-state index in [2.05, 4.69) is 34.4 Å². The van der Waals surface area contributed by atoms with Gasteiger partial charge in [-0.05, 0) is 24.1 Å². The molecule has 0 aliphatic heterocycles. The SMILES string of the molecule is CCc1[nH]nc2ccc(-c3cnn(C)c3)cc12. The predicted molar refractivity (Wildman–Crippen MR) is 67.7 cm³/mol. The number of H-pyrrole nitrogens is 1. The second-order valence-electron chi connectivity index (χ2n) is 4.19. The number of nitrogens with one attached hydrogen (secondary N) is 1. The fourth-order valence-corrected chi connectivity index (χ4v) is 2.08. The van der Waals surface area contributed by atoms with Crippen molar-refractivity contribution in [1.82, 2.24) is 20.0 Å². The summed E-state index contributed by atoms with van der Waals surface area (Å²) < 4.78 is 1.82. The average Bonchev–Trinajstić information content (AvgIpc) is 2.94. The fraction of sp³-hybridized carbons (Fsp3) is 0.231. The van der Waals surface area contributed by atoms with E-state index in [1.54, 1.807) is 0 Å². The van der Waals surface area contributed by atoms with E-state index in [0.717, 1.165) is 17.5 Å². The van der Waals surface area contributed by atoms with Gasteiger partial charge in [0.25, 0.3) is 0 Å². The molecule has 0 spiro atoms. The van der Waals surface area contributed by atoms with Crippen molar-refractivity contribution in [3.8, 4) is 11.1 Å². The van der Waals surface area contributed by atoms with E-state index in [-0.39, 0.29) is 0 Å². The van der Waals surface area contributed by atoms with Crippen LogP contribution in [-0.4, -0.2) is 20.0 Å². The molecule has 4 heteroatoms. The van der Waals surface area contributed by atoms with E-state index in [4.69, 9.17) is 0 Å². The van der Waals surface area contributed by atoms with Gasteiger partial charge in [0.05, 0.1) is 11.7 Å². The smallest absolute Gasteiger partial charge is 0.0924 e. The Bertz CT molecular complexity index is 663. The van der Waals surface area contributed by atoms with Crippen molar-refractivity contribution < 1.29 is 0 Å². The molecule has 0 atom stereocenters. The van der Waals surface area contributed by atoms with Gasteiger partial charge >= 0.3 is 0 Å². The van der Waals surface area contributed by atoms with Gasteiger partial charge in [-0.3, -0.25) is 9.78 Å². The Hall–Kier alpha value is -2.10. The van der Waals surface area contributed by atoms with Gasteiger partial charge in [-0.1, -0.05) is 13.0 Å². The Balaban J connectivity index is 2.18. The normalized spacial score (nSPS) is 11.2.